The molecule has 1 aromatic rings. The lowest BCUT2D eigenvalue weighted by Gasteiger charge is -2.34. The van der Waals surface area contributed by atoms with E-state index in [2.05, 4.69) is 4.98 Å². The summed E-state index contributed by atoms with van der Waals surface area (Å²) in [6, 6.07) is 2.97. The van der Waals surface area contributed by atoms with E-state index in [1.54, 1.807) is 4.90 Å². The molecule has 0 spiro atoms. The Kier molecular flexibility index (Phi) is 4.16. The number of pyridine rings is 1. The summed E-state index contributed by atoms with van der Waals surface area (Å²) < 4.78 is 0. The number of hydrogen-bond acceptors (Lipinski definition) is 5. The second-order valence-electron chi connectivity index (χ2n) is 4.10. The second-order valence-corrected chi connectivity index (χ2v) is 4.37. The third-order valence-electron chi connectivity index (χ3n) is 3.01. The van der Waals surface area contributed by atoms with E-state index in [0.717, 1.165) is 0 Å². The van der Waals surface area contributed by atoms with Crippen LogP contribution in [0.25, 0.3) is 0 Å². The monoisotopic (exact) mass is 284 g/mol. The van der Waals surface area contributed by atoms with E-state index in [4.69, 9.17) is 11.6 Å². The van der Waals surface area contributed by atoms with E-state index in [1.165, 1.54) is 18.3 Å². The van der Waals surface area contributed by atoms with Crippen LogP contribution in [0.4, 0.5) is 11.5 Å². The number of amides is 1. The molecule has 0 radical (unpaired) electrons. The second kappa shape index (κ2) is 5.83. The molecule has 1 saturated heterocycles. The standard InChI is InChI=1S/C11H13ClN4O3/c12-8-10(17)14-4-6-15(7-5-14)11-9(16(18)19)2-1-3-13-11/h1-3H,4-8H2. The third-order valence-corrected chi connectivity index (χ3v) is 3.24. The number of carbonyl (C=O) groups excluding carboxylic acids is 1. The quantitative estimate of drug-likeness (QED) is 0.468. The lowest BCUT2D eigenvalue weighted by molar-refractivity contribution is -0.384. The highest BCUT2D eigenvalue weighted by atomic mass is 35.5. The number of piperazine rings is 1. The van der Waals surface area contributed by atoms with Gasteiger partial charge >= 0.3 is 5.69 Å². The van der Waals surface area contributed by atoms with E-state index in [-0.39, 0.29) is 17.5 Å². The van der Waals surface area contributed by atoms with Crippen molar-refractivity contribution in [3.63, 3.8) is 0 Å². The van der Waals surface area contributed by atoms with E-state index >= 15 is 0 Å². The van der Waals surface area contributed by atoms with Gasteiger partial charge in [-0.05, 0) is 6.07 Å². The first-order valence-corrected chi connectivity index (χ1v) is 6.35. The summed E-state index contributed by atoms with van der Waals surface area (Å²) in [4.78, 5) is 29.5. The topological polar surface area (TPSA) is 79.6 Å². The lowest BCUT2D eigenvalue weighted by atomic mass is 10.3. The Labute approximate surface area is 114 Å². The fraction of sp³-hybridized carbons (Fsp3) is 0.455. The van der Waals surface area contributed by atoms with Crippen molar-refractivity contribution >= 4 is 29.0 Å². The Morgan fingerprint density at radius 3 is 2.68 bits per heavy atom. The van der Waals surface area contributed by atoms with Crippen molar-refractivity contribution in [1.29, 1.82) is 0 Å². The molecule has 2 heterocycles. The largest absolute Gasteiger partial charge is 0.347 e. The minimum absolute atomic E-state index is 0.0142. The minimum Gasteiger partial charge on any atom is -0.347 e. The van der Waals surface area contributed by atoms with Crippen LogP contribution in [0.1, 0.15) is 0 Å². The van der Waals surface area contributed by atoms with Crippen molar-refractivity contribution in [2.75, 3.05) is 37.0 Å². The van der Waals surface area contributed by atoms with Crippen LogP contribution in [0.15, 0.2) is 18.3 Å². The van der Waals surface area contributed by atoms with Gasteiger partial charge in [0.25, 0.3) is 0 Å². The molecule has 0 saturated carbocycles. The zero-order chi connectivity index (χ0) is 13.8. The number of halogens is 1. The van der Waals surface area contributed by atoms with Crippen LogP contribution in [0.5, 0.6) is 0 Å². The number of hydrogen-bond donors (Lipinski definition) is 0. The molecule has 0 aromatic carbocycles. The zero-order valence-corrected chi connectivity index (χ0v) is 10.9. The van der Waals surface area contributed by atoms with Gasteiger partial charge in [-0.15, -0.1) is 11.6 Å². The van der Waals surface area contributed by atoms with Crippen molar-refractivity contribution in [1.82, 2.24) is 9.88 Å². The average molecular weight is 285 g/mol. The molecule has 1 aromatic heterocycles. The van der Waals surface area contributed by atoms with Gasteiger partial charge in [-0.25, -0.2) is 4.98 Å². The van der Waals surface area contributed by atoms with Crippen LogP contribution in [0.3, 0.4) is 0 Å². The van der Waals surface area contributed by atoms with Gasteiger partial charge in [-0.1, -0.05) is 0 Å². The van der Waals surface area contributed by atoms with Gasteiger partial charge in [0.15, 0.2) is 0 Å². The summed E-state index contributed by atoms with van der Waals surface area (Å²) >= 11 is 5.50. The Bertz CT molecular complexity index is 489. The van der Waals surface area contributed by atoms with Crippen molar-refractivity contribution < 1.29 is 9.72 Å². The summed E-state index contributed by atoms with van der Waals surface area (Å²) in [5.74, 6) is 0.200. The molecule has 0 aliphatic carbocycles. The van der Waals surface area contributed by atoms with Gasteiger partial charge in [0.2, 0.25) is 11.7 Å². The maximum absolute atomic E-state index is 11.4. The van der Waals surface area contributed by atoms with E-state index in [1.807, 2.05) is 4.90 Å². The summed E-state index contributed by atoms with van der Waals surface area (Å²) in [5, 5.41) is 10.9. The zero-order valence-electron chi connectivity index (χ0n) is 10.2. The number of anilines is 1. The fourth-order valence-corrected chi connectivity index (χ4v) is 2.20. The van der Waals surface area contributed by atoms with Crippen molar-refractivity contribution in [3.05, 3.63) is 28.4 Å². The normalized spacial score (nSPS) is 15.4. The molecule has 8 heteroatoms. The smallest absolute Gasteiger partial charge is 0.311 e. The van der Waals surface area contributed by atoms with Gasteiger partial charge in [0.05, 0.1) is 4.92 Å². The number of nitro groups is 1. The van der Waals surface area contributed by atoms with Gasteiger partial charge in [0, 0.05) is 38.4 Å². The summed E-state index contributed by atoms with van der Waals surface area (Å²) in [5.41, 5.74) is -0.0142. The predicted octanol–water partition coefficient (Wildman–Crippen LogP) is 0.877. The highest BCUT2D eigenvalue weighted by Crippen LogP contribution is 2.25. The molecule has 1 fully saturated rings. The Balaban J connectivity index is 2.10. The predicted molar refractivity (Wildman–Crippen MR) is 70.4 cm³/mol. The molecule has 0 N–H and O–H groups in total. The van der Waals surface area contributed by atoms with Crippen LogP contribution in [-0.4, -0.2) is 52.8 Å². The first-order valence-electron chi connectivity index (χ1n) is 5.81. The molecule has 0 unspecified atom stereocenters. The Morgan fingerprint density at radius 1 is 1.42 bits per heavy atom. The van der Waals surface area contributed by atoms with Crippen molar-refractivity contribution in [2.24, 2.45) is 0 Å². The highest BCUT2D eigenvalue weighted by Gasteiger charge is 2.26. The maximum atomic E-state index is 11.4. The van der Waals surface area contributed by atoms with Gasteiger partial charge in [-0.2, -0.15) is 0 Å². The summed E-state index contributed by atoms with van der Waals surface area (Å²) in [6.07, 6.45) is 1.53. The third kappa shape index (κ3) is 2.93. The Hall–Kier alpha value is -1.89. The molecule has 2 rings (SSSR count). The van der Waals surface area contributed by atoms with Crippen LogP contribution in [-0.2, 0) is 4.79 Å². The number of alkyl halides is 1. The van der Waals surface area contributed by atoms with Gasteiger partial charge < -0.3 is 9.80 Å². The van der Waals surface area contributed by atoms with Crippen LogP contribution in [0, 0.1) is 10.1 Å². The van der Waals surface area contributed by atoms with Gasteiger partial charge in [-0.3, -0.25) is 14.9 Å². The minimum atomic E-state index is -0.446. The van der Waals surface area contributed by atoms with Crippen molar-refractivity contribution in [3.8, 4) is 0 Å². The number of aromatic nitrogens is 1. The number of rotatable bonds is 3. The molecule has 102 valence electrons. The average Bonchev–Trinajstić information content (AvgIpc) is 2.46. The lowest BCUT2D eigenvalue weighted by Crippen LogP contribution is -2.49. The highest BCUT2D eigenvalue weighted by molar-refractivity contribution is 6.27. The van der Waals surface area contributed by atoms with Crippen LogP contribution < -0.4 is 4.90 Å². The van der Waals surface area contributed by atoms with Crippen molar-refractivity contribution in [2.45, 2.75) is 0 Å². The first-order chi connectivity index (χ1) is 9.13. The maximum Gasteiger partial charge on any atom is 0.311 e. The van der Waals surface area contributed by atoms with E-state index in [0.29, 0.717) is 32.0 Å². The first kappa shape index (κ1) is 13.5. The summed E-state index contributed by atoms with van der Waals surface area (Å²) in [6.45, 7) is 2.03. The van der Waals surface area contributed by atoms with Crippen LogP contribution >= 0.6 is 11.6 Å². The van der Waals surface area contributed by atoms with E-state index < -0.39 is 4.92 Å². The Morgan fingerprint density at radius 2 is 2.11 bits per heavy atom. The van der Waals surface area contributed by atoms with Gasteiger partial charge in [0.1, 0.15) is 5.88 Å². The molecular formula is C11H13ClN4O3. The number of carbonyl (C=O) groups is 1. The molecule has 1 aliphatic rings. The molecule has 1 amide bonds. The van der Waals surface area contributed by atoms with E-state index in [9.17, 15) is 14.9 Å². The molecule has 0 bridgehead atoms. The molecule has 7 nitrogen and oxygen atoms in total. The fourth-order valence-electron chi connectivity index (χ4n) is 2.03. The number of nitrogens with zero attached hydrogens (tertiary/aromatic N) is 4. The summed E-state index contributed by atoms with van der Waals surface area (Å²) in [7, 11) is 0. The SMILES string of the molecule is O=C(CCl)N1CCN(c2ncccc2[N+](=O)[O-])CC1. The molecule has 0 atom stereocenters. The molecule has 19 heavy (non-hydrogen) atoms. The molecule has 1 aliphatic heterocycles. The molecular weight excluding hydrogens is 272 g/mol. The van der Waals surface area contributed by atoms with Crippen LogP contribution in [0.2, 0.25) is 0 Å².